The van der Waals surface area contributed by atoms with Crippen LogP contribution in [-0.2, 0) is 17.8 Å². The van der Waals surface area contributed by atoms with Crippen molar-refractivity contribution in [2.24, 2.45) is 0 Å². The third kappa shape index (κ3) is 5.74. The fourth-order valence-corrected chi connectivity index (χ4v) is 3.66. The van der Waals surface area contributed by atoms with Crippen molar-refractivity contribution in [1.82, 2.24) is 10.2 Å². The van der Waals surface area contributed by atoms with Crippen LogP contribution in [0.25, 0.3) is 0 Å². The molecule has 3 aromatic rings. The zero-order valence-corrected chi connectivity index (χ0v) is 19.4. The Hall–Kier alpha value is -3.17. The van der Waals surface area contributed by atoms with Gasteiger partial charge < -0.3 is 19.5 Å². The number of amides is 1. The van der Waals surface area contributed by atoms with E-state index in [4.69, 9.17) is 25.8 Å². The number of carbonyl (C=O) groups is 2. The summed E-state index contributed by atoms with van der Waals surface area (Å²) in [4.78, 5) is 24.8. The highest BCUT2D eigenvalue weighted by molar-refractivity contribution is 7.13. The number of rotatable bonds is 9. The Morgan fingerprint density at radius 2 is 1.88 bits per heavy atom. The van der Waals surface area contributed by atoms with Crippen LogP contribution in [0.2, 0.25) is 5.02 Å². The van der Waals surface area contributed by atoms with Gasteiger partial charge in [-0.1, -0.05) is 42.0 Å². The van der Waals surface area contributed by atoms with Crippen LogP contribution >= 0.6 is 22.9 Å². The number of aromatic nitrogens is 2. The van der Waals surface area contributed by atoms with Gasteiger partial charge >= 0.3 is 5.97 Å². The Morgan fingerprint density at radius 1 is 1.12 bits per heavy atom. The highest BCUT2D eigenvalue weighted by Gasteiger charge is 2.18. The highest BCUT2D eigenvalue weighted by atomic mass is 35.5. The van der Waals surface area contributed by atoms with Gasteiger partial charge in [0.1, 0.15) is 6.61 Å². The molecule has 0 aliphatic rings. The average molecular weight is 476 g/mol. The summed E-state index contributed by atoms with van der Waals surface area (Å²) >= 11 is 7.24. The van der Waals surface area contributed by atoms with E-state index in [1.54, 1.807) is 0 Å². The van der Waals surface area contributed by atoms with Crippen LogP contribution in [0.5, 0.6) is 11.5 Å². The van der Waals surface area contributed by atoms with E-state index < -0.39 is 5.97 Å². The van der Waals surface area contributed by atoms with Gasteiger partial charge in [-0.05, 0) is 43.2 Å². The molecule has 0 atom stereocenters. The fourth-order valence-electron chi connectivity index (χ4n) is 2.74. The Morgan fingerprint density at radius 3 is 2.53 bits per heavy atom. The quantitative estimate of drug-likeness (QED) is 0.445. The minimum absolute atomic E-state index is 0.137. The first-order valence-corrected chi connectivity index (χ1v) is 11.0. The van der Waals surface area contributed by atoms with E-state index in [-0.39, 0.29) is 28.1 Å². The number of hydrogen-bond donors (Lipinski definition) is 1. The minimum atomic E-state index is -0.620. The predicted molar refractivity (Wildman–Crippen MR) is 122 cm³/mol. The molecule has 1 aromatic heterocycles. The van der Waals surface area contributed by atoms with Crippen molar-refractivity contribution >= 4 is 40.5 Å². The third-order valence-electron chi connectivity index (χ3n) is 4.36. The second kappa shape index (κ2) is 10.9. The van der Waals surface area contributed by atoms with Crippen LogP contribution < -0.4 is 14.8 Å². The molecule has 1 amide bonds. The summed E-state index contributed by atoms with van der Waals surface area (Å²) in [5.41, 5.74) is 2.04. The monoisotopic (exact) mass is 475 g/mol. The van der Waals surface area contributed by atoms with Crippen molar-refractivity contribution in [2.75, 3.05) is 19.0 Å². The van der Waals surface area contributed by atoms with E-state index in [0.717, 1.165) is 17.8 Å². The van der Waals surface area contributed by atoms with Gasteiger partial charge in [0.25, 0.3) is 5.91 Å². The van der Waals surface area contributed by atoms with Crippen molar-refractivity contribution < 1.29 is 23.8 Å². The number of nitrogens with zero attached hydrogens (tertiary/aromatic N) is 2. The number of esters is 1. The fraction of sp³-hybridized carbons (Fsp3) is 0.273. The van der Waals surface area contributed by atoms with E-state index in [0.29, 0.717) is 28.8 Å². The molecule has 10 heteroatoms. The van der Waals surface area contributed by atoms with Gasteiger partial charge in [0, 0.05) is 5.69 Å². The number of carbonyl (C=O) groups excluding carboxylic acids is 2. The van der Waals surface area contributed by atoms with Gasteiger partial charge in [0.15, 0.2) is 16.5 Å². The Labute approximate surface area is 194 Å². The van der Waals surface area contributed by atoms with Crippen molar-refractivity contribution in [3.05, 3.63) is 62.6 Å². The second-order valence-electron chi connectivity index (χ2n) is 6.50. The van der Waals surface area contributed by atoms with Gasteiger partial charge in [0.2, 0.25) is 5.01 Å². The molecule has 0 radical (unpaired) electrons. The molecular formula is C22H22ClN3O5S. The second-order valence-corrected chi connectivity index (χ2v) is 7.97. The lowest BCUT2D eigenvalue weighted by Gasteiger charge is -2.12. The summed E-state index contributed by atoms with van der Waals surface area (Å²) in [6.07, 6.45) is 0.919. The summed E-state index contributed by atoms with van der Waals surface area (Å²) in [5.74, 6) is -0.316. The zero-order valence-electron chi connectivity index (χ0n) is 17.8. The molecular weight excluding hydrogens is 454 g/mol. The molecule has 0 aliphatic carbocycles. The summed E-state index contributed by atoms with van der Waals surface area (Å²) in [6, 6.07) is 10.5. The summed E-state index contributed by atoms with van der Waals surface area (Å²) in [6.45, 7) is 4.14. The summed E-state index contributed by atoms with van der Waals surface area (Å²) in [5, 5.41) is 11.4. The van der Waals surface area contributed by atoms with E-state index in [1.165, 1.54) is 24.8 Å². The van der Waals surface area contributed by atoms with Crippen LogP contribution in [0.4, 0.5) is 5.69 Å². The van der Waals surface area contributed by atoms with E-state index >= 15 is 0 Å². The Bertz CT molecular complexity index is 1100. The lowest BCUT2D eigenvalue weighted by molar-refractivity contribution is 0.0471. The number of anilines is 1. The van der Waals surface area contributed by atoms with Crippen LogP contribution in [-0.4, -0.2) is 35.8 Å². The molecule has 0 saturated heterocycles. The number of methoxy groups -OCH3 is 1. The maximum atomic E-state index is 12.4. The number of aryl methyl sites for hydroxylation is 1. The molecule has 8 nitrogen and oxygen atoms in total. The molecule has 168 valence electrons. The number of benzene rings is 2. The summed E-state index contributed by atoms with van der Waals surface area (Å²) in [7, 11) is 1.45. The van der Waals surface area contributed by atoms with E-state index in [2.05, 4.69) is 22.4 Å². The first kappa shape index (κ1) is 23.5. The molecule has 0 fully saturated rings. The maximum absolute atomic E-state index is 12.4. The van der Waals surface area contributed by atoms with Crippen molar-refractivity contribution in [2.45, 2.75) is 26.9 Å². The van der Waals surface area contributed by atoms with Crippen LogP contribution in [0.15, 0.2) is 36.4 Å². The predicted octanol–water partition coefficient (Wildman–Crippen LogP) is 4.77. The Balaban J connectivity index is 1.61. The number of ether oxygens (including phenoxy) is 3. The molecule has 2 aromatic carbocycles. The number of hydrogen-bond acceptors (Lipinski definition) is 8. The Kier molecular flexibility index (Phi) is 8.02. The average Bonchev–Trinajstić information content (AvgIpc) is 3.28. The number of nitrogens with one attached hydrogen (secondary N) is 1. The highest BCUT2D eigenvalue weighted by Crippen LogP contribution is 2.36. The topological polar surface area (TPSA) is 99.6 Å². The smallest absolute Gasteiger partial charge is 0.338 e. The minimum Gasteiger partial charge on any atom is -0.493 e. The molecule has 1 heterocycles. The normalized spacial score (nSPS) is 10.5. The molecule has 0 bridgehead atoms. The van der Waals surface area contributed by atoms with Gasteiger partial charge in [-0.25, -0.2) is 4.79 Å². The SMILES string of the molecule is CCOc1c(Cl)cc(C(=O)OCc2nnc(C(=O)Nc3ccc(CC)cc3)s2)cc1OC. The van der Waals surface area contributed by atoms with Gasteiger partial charge in [-0.2, -0.15) is 0 Å². The van der Waals surface area contributed by atoms with Crippen molar-refractivity contribution in [3.8, 4) is 11.5 Å². The zero-order chi connectivity index (χ0) is 23.1. The molecule has 0 aliphatic heterocycles. The molecule has 3 rings (SSSR count). The van der Waals surface area contributed by atoms with Crippen molar-refractivity contribution in [1.29, 1.82) is 0 Å². The maximum Gasteiger partial charge on any atom is 0.338 e. The van der Waals surface area contributed by atoms with E-state index in [9.17, 15) is 9.59 Å². The lowest BCUT2D eigenvalue weighted by Crippen LogP contribution is -2.11. The third-order valence-corrected chi connectivity index (χ3v) is 5.54. The van der Waals surface area contributed by atoms with Crippen molar-refractivity contribution in [3.63, 3.8) is 0 Å². The van der Waals surface area contributed by atoms with Gasteiger partial charge in [-0.15, -0.1) is 10.2 Å². The van der Waals surface area contributed by atoms with Crippen LogP contribution in [0.3, 0.4) is 0 Å². The first-order valence-electron chi connectivity index (χ1n) is 9.85. The van der Waals surface area contributed by atoms with Crippen LogP contribution in [0, 0.1) is 0 Å². The lowest BCUT2D eigenvalue weighted by atomic mass is 10.1. The van der Waals surface area contributed by atoms with Gasteiger partial charge in [-0.3, -0.25) is 4.79 Å². The van der Waals surface area contributed by atoms with E-state index in [1.807, 2.05) is 31.2 Å². The van der Waals surface area contributed by atoms with Gasteiger partial charge in [0.05, 0.1) is 24.3 Å². The molecule has 0 saturated carbocycles. The number of halogens is 1. The largest absolute Gasteiger partial charge is 0.493 e. The molecule has 0 spiro atoms. The first-order chi connectivity index (χ1) is 15.4. The molecule has 32 heavy (non-hydrogen) atoms. The summed E-state index contributed by atoms with van der Waals surface area (Å²) < 4.78 is 16.0. The van der Waals surface area contributed by atoms with Crippen LogP contribution in [0.1, 0.15) is 44.6 Å². The molecule has 0 unspecified atom stereocenters. The standard InChI is InChI=1S/C22H22ClN3O5S/c1-4-13-6-8-15(9-7-13)24-20(27)21-26-25-18(32-21)12-31-22(28)14-10-16(23)19(30-5-2)17(11-14)29-3/h6-11H,4-5,12H2,1-3H3,(H,24,27). The molecule has 1 N–H and O–H groups in total.